The van der Waals surface area contributed by atoms with Gasteiger partial charge < -0.3 is 60.0 Å². The highest BCUT2D eigenvalue weighted by Gasteiger charge is 2.51. The van der Waals surface area contributed by atoms with Crippen LogP contribution in [0.1, 0.15) is 142 Å². The molecule has 24 nitrogen and oxygen atoms in total. The summed E-state index contributed by atoms with van der Waals surface area (Å²) >= 11 is 6.12. The second kappa shape index (κ2) is 34.9. The van der Waals surface area contributed by atoms with Crippen molar-refractivity contribution < 1.29 is 75.1 Å². The molecule has 12 amide bonds. The minimum Gasteiger partial charge on any atom is -0.343 e. The number of fused-ring (bicyclic) bond motifs is 1. The Labute approximate surface area is 583 Å². The number of nitrogens with zero attached hydrogens (tertiary/aromatic N) is 9. The smallest absolute Gasteiger partial charge is 0.343 e. The number of likely N-dealkylation sites (N-methyl/N-ethyl adjacent to an activating group) is 7. The summed E-state index contributed by atoms with van der Waals surface area (Å²) < 4.78 is 56.2. The summed E-state index contributed by atoms with van der Waals surface area (Å²) in [5, 5.41) is 7.92. The van der Waals surface area contributed by atoms with Gasteiger partial charge in [0.15, 0.2) is 0 Å². The van der Waals surface area contributed by atoms with Crippen LogP contribution in [0.5, 0.6) is 0 Å². The predicted octanol–water partition coefficient (Wildman–Crippen LogP) is 4.91. The number of likely N-dealkylation sites (tertiary alicyclic amines) is 1. The molecule has 1 spiro atoms. The lowest BCUT2D eigenvalue weighted by Gasteiger charge is -2.42. The molecule has 548 valence electrons. The van der Waals surface area contributed by atoms with Crippen molar-refractivity contribution in [2.24, 2.45) is 17.8 Å². The molecule has 3 N–H and O–H groups in total. The molecule has 3 heterocycles. The number of carbonyl (C=O) groups is 12. The summed E-state index contributed by atoms with van der Waals surface area (Å²) in [5.74, 6) is -10.7. The molecule has 2 aromatic carbocycles. The molecule has 0 unspecified atom stereocenters. The Morgan fingerprint density at radius 2 is 1.27 bits per heavy atom. The summed E-state index contributed by atoms with van der Waals surface area (Å²) in [6, 6.07) is -1.08. The Kier molecular flexibility index (Phi) is 28.2. The maximum absolute atomic E-state index is 15.4. The Hall–Kier alpha value is -7.91. The van der Waals surface area contributed by atoms with E-state index in [-0.39, 0.29) is 75.0 Å². The summed E-state index contributed by atoms with van der Waals surface area (Å²) in [7, 11) is 9.39. The first-order valence-corrected chi connectivity index (χ1v) is 34.7. The number of hydrogen-bond acceptors (Lipinski definition) is 12. The van der Waals surface area contributed by atoms with Gasteiger partial charge in [0, 0.05) is 75.4 Å². The van der Waals surface area contributed by atoms with Crippen LogP contribution >= 0.6 is 11.6 Å². The third kappa shape index (κ3) is 20.2. The number of nitrogens with one attached hydrogen (secondary N) is 3. The fraction of sp³-hybridized carbons (Fsp3) is 0.657. The van der Waals surface area contributed by atoms with Crippen LogP contribution in [0.3, 0.4) is 0 Å². The van der Waals surface area contributed by atoms with Crippen LogP contribution in [0.2, 0.25) is 5.02 Å². The zero-order valence-electron chi connectivity index (χ0n) is 59.5. The van der Waals surface area contributed by atoms with Crippen LogP contribution in [0, 0.1) is 23.6 Å². The van der Waals surface area contributed by atoms with Gasteiger partial charge in [-0.05, 0) is 117 Å². The van der Waals surface area contributed by atoms with E-state index in [1.165, 1.54) is 93.2 Å². The number of carbonyl (C=O) groups excluding carboxylic acids is 12. The summed E-state index contributed by atoms with van der Waals surface area (Å²) in [4.78, 5) is 188. The third-order valence-corrected chi connectivity index (χ3v) is 20.2. The van der Waals surface area contributed by atoms with Gasteiger partial charge in [-0.2, -0.15) is 13.2 Å². The average Bonchev–Trinajstić information content (AvgIpc) is 1.75. The molecule has 0 bridgehead atoms. The first-order chi connectivity index (χ1) is 46.4. The van der Waals surface area contributed by atoms with Crippen LogP contribution in [0.4, 0.5) is 17.6 Å². The maximum Gasteiger partial charge on any atom is 0.417 e. The Bertz CT molecular complexity index is 3290. The molecule has 29 heteroatoms. The topological polar surface area (TPSA) is 270 Å². The van der Waals surface area contributed by atoms with Crippen LogP contribution in [0.25, 0.3) is 0 Å². The maximum atomic E-state index is 15.4. The number of rotatable bonds is 11. The molecule has 6 rings (SSSR count). The molecular weight excluding hydrogens is 1310 g/mol. The number of halogens is 5. The Morgan fingerprint density at radius 3 is 1.87 bits per heavy atom. The molecule has 0 aromatic heterocycles. The van der Waals surface area contributed by atoms with E-state index < -0.39 is 179 Å². The van der Waals surface area contributed by atoms with Gasteiger partial charge in [-0.1, -0.05) is 90.6 Å². The molecule has 1 aliphatic carbocycles. The van der Waals surface area contributed by atoms with Gasteiger partial charge in [0.2, 0.25) is 70.9 Å². The van der Waals surface area contributed by atoms with Gasteiger partial charge in [0.25, 0.3) is 0 Å². The summed E-state index contributed by atoms with van der Waals surface area (Å²) in [6.45, 7) is 9.31. The molecule has 1 saturated carbocycles. The van der Waals surface area contributed by atoms with Gasteiger partial charge in [0.1, 0.15) is 53.6 Å². The first kappa shape index (κ1) is 80.1. The quantitative estimate of drug-likeness (QED) is 0.253. The monoisotopic (exact) mass is 1410 g/mol. The second-order valence-electron chi connectivity index (χ2n) is 28.1. The molecule has 3 aliphatic heterocycles. The van der Waals surface area contributed by atoms with Crippen LogP contribution in [-0.4, -0.2) is 251 Å². The van der Waals surface area contributed by atoms with E-state index >= 15 is 14.4 Å². The van der Waals surface area contributed by atoms with Crippen molar-refractivity contribution in [2.75, 3.05) is 88.6 Å². The lowest BCUT2D eigenvalue weighted by Crippen LogP contribution is -2.65. The number of benzene rings is 2. The standard InChI is InChI=1S/C70H101ClF4N12O12/c1-14-44(6)59-66(97)81(9)40-57(90)79(7)41-58(91)83(11)53(37-46-22-20-23-47(72)35-46)64(95)80(8)39-55(88)76-50(28-26-45-25-27-48(49(71)36-45)70(73,74)75)63(94)87-33-21-24-51(87)62(93)78-69(29-16-17-30-69)68(99)85(13)60(43(4)5)67(98)84(12)54(65(96)86-31-18-15-19-32-86)38-56(89)82(10)52(34-42(2)3)61(92)77-59/h20,22-23,25,27,35-36,42-44,50-54,59-60H,14-19,21,24,26,28-34,37-41H2,1-13H3,(H,76,88)(H,77,92)(H,78,93)/t44-,50-,51-,52-,53-,54-,59-,60-/m0/s1. The predicted molar refractivity (Wildman–Crippen MR) is 361 cm³/mol. The minimum absolute atomic E-state index is 0.0114. The van der Waals surface area contributed by atoms with E-state index in [0.717, 1.165) is 44.2 Å². The highest BCUT2D eigenvalue weighted by atomic mass is 35.5. The van der Waals surface area contributed by atoms with E-state index in [1.807, 2.05) is 13.8 Å². The number of amides is 12. The number of hydrogen-bond donors (Lipinski definition) is 3. The molecule has 0 radical (unpaired) electrons. The highest BCUT2D eigenvalue weighted by molar-refractivity contribution is 6.31. The van der Waals surface area contributed by atoms with Crippen molar-refractivity contribution in [1.29, 1.82) is 0 Å². The second-order valence-corrected chi connectivity index (χ2v) is 28.5. The summed E-state index contributed by atoms with van der Waals surface area (Å²) in [5.41, 5.74) is -2.19. The largest absolute Gasteiger partial charge is 0.417 e. The third-order valence-electron chi connectivity index (χ3n) is 19.9. The minimum atomic E-state index is -4.79. The van der Waals surface area contributed by atoms with Gasteiger partial charge in [-0.25, -0.2) is 4.39 Å². The zero-order valence-corrected chi connectivity index (χ0v) is 60.2. The first-order valence-electron chi connectivity index (χ1n) is 34.3. The van der Waals surface area contributed by atoms with Gasteiger partial charge in [0.05, 0.1) is 36.6 Å². The summed E-state index contributed by atoms with van der Waals surface area (Å²) in [6.07, 6.45) is -1.81. The Morgan fingerprint density at radius 1 is 0.646 bits per heavy atom. The fourth-order valence-corrected chi connectivity index (χ4v) is 14.0. The van der Waals surface area contributed by atoms with Crippen molar-refractivity contribution >= 4 is 82.5 Å². The van der Waals surface area contributed by atoms with Crippen molar-refractivity contribution in [3.63, 3.8) is 0 Å². The van der Waals surface area contributed by atoms with Crippen molar-refractivity contribution in [3.8, 4) is 0 Å². The zero-order chi connectivity index (χ0) is 73.7. The lowest BCUT2D eigenvalue weighted by molar-refractivity contribution is -0.156. The van der Waals surface area contributed by atoms with Crippen molar-refractivity contribution in [1.82, 2.24) is 60.0 Å². The molecular formula is C70H101ClF4N12O12. The number of piperidine rings is 1. The molecule has 2 aromatic rings. The SMILES string of the molecule is CC[C@H](C)[C@@H]1NC(=O)[C@H](CC(C)C)N(C)C(=O)C[C@@H](C(=O)N2CCCCC2)N(C)C(=O)[C@H](C(C)C)N(C)C(=O)C2(CCCC2)NC(=O)[C@@H]2CCCN2C(=O)[C@H](CCc2ccc(C(F)(F)F)c(Cl)c2)NC(=O)CN(C)C(=O)[C@H](Cc2cccc(F)c2)N(C)C(=O)CN(C)C(=O)CN(C)C1=O. The van der Waals surface area contributed by atoms with Gasteiger partial charge >= 0.3 is 6.18 Å². The molecule has 3 saturated heterocycles. The van der Waals surface area contributed by atoms with E-state index in [4.69, 9.17) is 11.6 Å². The molecule has 8 atom stereocenters. The molecule has 4 aliphatic rings. The van der Waals surface area contributed by atoms with Gasteiger partial charge in [-0.15, -0.1) is 0 Å². The molecule has 4 fully saturated rings. The Balaban J connectivity index is 1.43. The van der Waals surface area contributed by atoms with E-state index in [9.17, 15) is 60.7 Å². The van der Waals surface area contributed by atoms with Crippen LogP contribution in [0.15, 0.2) is 42.5 Å². The number of alkyl halides is 3. The number of aryl methyl sites for hydroxylation is 1. The average molecular weight is 1410 g/mol. The normalized spacial score (nSPS) is 24.9. The van der Waals surface area contributed by atoms with Crippen LogP contribution < -0.4 is 16.0 Å². The lowest BCUT2D eigenvalue weighted by atomic mass is 9.91. The fourth-order valence-electron chi connectivity index (χ4n) is 13.7. The molecule has 99 heavy (non-hydrogen) atoms. The van der Waals surface area contributed by atoms with Crippen molar-refractivity contribution in [2.45, 2.75) is 192 Å². The van der Waals surface area contributed by atoms with Crippen molar-refractivity contribution in [3.05, 3.63) is 70.0 Å². The van der Waals surface area contributed by atoms with E-state index in [2.05, 4.69) is 16.0 Å². The van der Waals surface area contributed by atoms with E-state index in [1.54, 1.807) is 32.6 Å². The van der Waals surface area contributed by atoms with E-state index in [0.29, 0.717) is 45.2 Å². The highest BCUT2D eigenvalue weighted by Crippen LogP contribution is 2.37. The van der Waals surface area contributed by atoms with Crippen LogP contribution in [-0.2, 0) is 76.6 Å². The van der Waals surface area contributed by atoms with Gasteiger partial charge in [-0.3, -0.25) is 57.5 Å².